The van der Waals surface area contributed by atoms with E-state index in [1.54, 1.807) is 0 Å². The van der Waals surface area contributed by atoms with E-state index in [1.165, 1.54) is 77.2 Å². The van der Waals surface area contributed by atoms with Gasteiger partial charge in [0.1, 0.15) is 0 Å². The number of nitrogens with two attached hydrogens (primary N) is 1. The van der Waals surface area contributed by atoms with Crippen molar-refractivity contribution >= 4 is 0 Å². The minimum atomic E-state index is 0.305. The molecule has 1 rings (SSSR count). The zero-order valence-electron chi connectivity index (χ0n) is 14.3. The highest BCUT2D eigenvalue weighted by Gasteiger charge is 2.36. The molecule has 2 unspecified atom stereocenters. The van der Waals surface area contributed by atoms with Crippen LogP contribution in [0.25, 0.3) is 0 Å². The van der Waals surface area contributed by atoms with Crippen molar-refractivity contribution in [2.45, 2.75) is 90.0 Å². The van der Waals surface area contributed by atoms with Gasteiger partial charge >= 0.3 is 0 Å². The van der Waals surface area contributed by atoms with Gasteiger partial charge in [-0.2, -0.15) is 0 Å². The van der Waals surface area contributed by atoms with Gasteiger partial charge in [-0.25, -0.2) is 0 Å². The van der Waals surface area contributed by atoms with Crippen molar-refractivity contribution in [1.82, 2.24) is 4.90 Å². The van der Waals surface area contributed by atoms with Crippen LogP contribution in [-0.2, 0) is 0 Å². The molecule has 2 heteroatoms. The highest BCUT2D eigenvalue weighted by Crippen LogP contribution is 2.35. The van der Waals surface area contributed by atoms with Crippen LogP contribution in [0.5, 0.6) is 0 Å². The first kappa shape index (κ1) is 18.0. The SMILES string of the molecule is CCCCCCCCCN(C)C1(CN)CCCC(C)C1. The highest BCUT2D eigenvalue weighted by molar-refractivity contribution is 4.94. The third kappa shape index (κ3) is 5.73. The zero-order chi connectivity index (χ0) is 14.8. The van der Waals surface area contributed by atoms with Crippen LogP contribution in [0.2, 0.25) is 0 Å². The van der Waals surface area contributed by atoms with Crippen molar-refractivity contribution in [3.8, 4) is 0 Å². The Kier molecular flexibility index (Phi) is 8.79. The maximum atomic E-state index is 6.14. The number of hydrogen-bond donors (Lipinski definition) is 1. The molecule has 0 amide bonds. The molecule has 2 N–H and O–H groups in total. The summed E-state index contributed by atoms with van der Waals surface area (Å²) < 4.78 is 0. The topological polar surface area (TPSA) is 29.3 Å². The molecule has 0 aliphatic heterocycles. The van der Waals surface area contributed by atoms with Crippen molar-refractivity contribution in [2.24, 2.45) is 11.7 Å². The molecule has 0 heterocycles. The van der Waals surface area contributed by atoms with Gasteiger partial charge in [-0.1, -0.05) is 65.2 Å². The van der Waals surface area contributed by atoms with E-state index in [0.717, 1.165) is 12.5 Å². The summed E-state index contributed by atoms with van der Waals surface area (Å²) in [6.07, 6.45) is 15.1. The Labute approximate surface area is 127 Å². The Morgan fingerprint density at radius 1 is 1.10 bits per heavy atom. The average Bonchev–Trinajstić information content (AvgIpc) is 2.46. The van der Waals surface area contributed by atoms with E-state index >= 15 is 0 Å². The van der Waals surface area contributed by atoms with Gasteiger partial charge in [-0.05, 0) is 38.8 Å². The van der Waals surface area contributed by atoms with E-state index in [-0.39, 0.29) is 0 Å². The van der Waals surface area contributed by atoms with E-state index in [9.17, 15) is 0 Å². The fourth-order valence-electron chi connectivity index (χ4n) is 3.86. The van der Waals surface area contributed by atoms with Crippen molar-refractivity contribution in [3.63, 3.8) is 0 Å². The monoisotopic (exact) mass is 282 g/mol. The molecular weight excluding hydrogens is 244 g/mol. The van der Waals surface area contributed by atoms with E-state index in [2.05, 4.69) is 25.8 Å². The fraction of sp³-hybridized carbons (Fsp3) is 1.00. The predicted octanol–water partition coefficient (Wildman–Crippen LogP) is 4.58. The van der Waals surface area contributed by atoms with Crippen LogP contribution in [0.4, 0.5) is 0 Å². The van der Waals surface area contributed by atoms with E-state index < -0.39 is 0 Å². The molecule has 0 bridgehead atoms. The first-order valence-corrected chi connectivity index (χ1v) is 9.06. The Hall–Kier alpha value is -0.0800. The summed E-state index contributed by atoms with van der Waals surface area (Å²) in [5.74, 6) is 0.851. The Balaban J connectivity index is 2.21. The van der Waals surface area contributed by atoms with Crippen LogP contribution in [0.15, 0.2) is 0 Å². The number of likely N-dealkylation sites (N-methyl/N-ethyl adjacent to an activating group) is 1. The maximum Gasteiger partial charge on any atom is 0.0331 e. The molecule has 0 spiro atoms. The smallest absolute Gasteiger partial charge is 0.0331 e. The van der Waals surface area contributed by atoms with Gasteiger partial charge in [0.05, 0.1) is 0 Å². The third-order valence-electron chi connectivity index (χ3n) is 5.35. The quantitative estimate of drug-likeness (QED) is 0.594. The number of hydrogen-bond acceptors (Lipinski definition) is 2. The average molecular weight is 283 g/mol. The number of nitrogens with zero attached hydrogens (tertiary/aromatic N) is 1. The summed E-state index contributed by atoms with van der Waals surface area (Å²) in [4.78, 5) is 2.59. The van der Waals surface area contributed by atoms with Crippen molar-refractivity contribution < 1.29 is 0 Å². The van der Waals surface area contributed by atoms with E-state index in [0.29, 0.717) is 5.54 Å². The molecule has 1 aliphatic carbocycles. The lowest BCUT2D eigenvalue weighted by atomic mass is 9.75. The first-order valence-electron chi connectivity index (χ1n) is 9.06. The zero-order valence-corrected chi connectivity index (χ0v) is 14.3. The van der Waals surface area contributed by atoms with Crippen LogP contribution < -0.4 is 5.73 Å². The van der Waals surface area contributed by atoms with Crippen LogP contribution >= 0.6 is 0 Å². The van der Waals surface area contributed by atoms with Gasteiger partial charge in [0.15, 0.2) is 0 Å². The van der Waals surface area contributed by atoms with Gasteiger partial charge in [0.25, 0.3) is 0 Å². The summed E-state index contributed by atoms with van der Waals surface area (Å²) in [6, 6.07) is 0. The minimum absolute atomic E-state index is 0.305. The van der Waals surface area contributed by atoms with Gasteiger partial charge in [-0.3, -0.25) is 4.90 Å². The maximum absolute atomic E-state index is 6.14. The van der Waals surface area contributed by atoms with Gasteiger partial charge in [0.2, 0.25) is 0 Å². The summed E-state index contributed by atoms with van der Waals surface area (Å²) in [6.45, 7) is 6.75. The van der Waals surface area contributed by atoms with Crippen LogP contribution in [0.3, 0.4) is 0 Å². The third-order valence-corrected chi connectivity index (χ3v) is 5.35. The van der Waals surface area contributed by atoms with Crippen molar-refractivity contribution in [3.05, 3.63) is 0 Å². The molecule has 1 saturated carbocycles. The Bertz CT molecular complexity index is 242. The molecule has 20 heavy (non-hydrogen) atoms. The largest absolute Gasteiger partial charge is 0.329 e. The van der Waals surface area contributed by atoms with Gasteiger partial charge in [0, 0.05) is 12.1 Å². The second kappa shape index (κ2) is 9.78. The van der Waals surface area contributed by atoms with Crippen LogP contribution in [-0.4, -0.2) is 30.6 Å². The minimum Gasteiger partial charge on any atom is -0.329 e. The molecule has 2 nitrogen and oxygen atoms in total. The van der Waals surface area contributed by atoms with Gasteiger partial charge < -0.3 is 5.73 Å². The Morgan fingerprint density at radius 2 is 1.75 bits per heavy atom. The lowest BCUT2D eigenvalue weighted by Crippen LogP contribution is -2.54. The normalized spacial score (nSPS) is 27.1. The standard InChI is InChI=1S/C18H38N2/c1-4-5-6-7-8-9-10-14-20(3)18(16-19)13-11-12-17(2)15-18/h17H,4-16,19H2,1-3H3. The summed E-state index contributed by atoms with van der Waals surface area (Å²) in [5.41, 5.74) is 6.45. The van der Waals surface area contributed by atoms with Gasteiger partial charge in [-0.15, -0.1) is 0 Å². The van der Waals surface area contributed by atoms with E-state index in [1.807, 2.05) is 0 Å². The summed E-state index contributed by atoms with van der Waals surface area (Å²) in [5, 5.41) is 0. The Morgan fingerprint density at radius 3 is 2.35 bits per heavy atom. The molecule has 0 aromatic carbocycles. The van der Waals surface area contributed by atoms with E-state index in [4.69, 9.17) is 5.73 Å². The first-order chi connectivity index (χ1) is 9.64. The second-order valence-corrected chi connectivity index (χ2v) is 7.17. The molecule has 0 aromatic rings. The van der Waals surface area contributed by atoms with Crippen molar-refractivity contribution in [2.75, 3.05) is 20.1 Å². The predicted molar refractivity (Wildman–Crippen MR) is 90.0 cm³/mol. The summed E-state index contributed by atoms with van der Waals surface area (Å²) in [7, 11) is 2.31. The van der Waals surface area contributed by atoms with Crippen LogP contribution in [0, 0.1) is 5.92 Å². The molecule has 1 aliphatic rings. The molecule has 2 atom stereocenters. The number of rotatable bonds is 10. The molecule has 1 fully saturated rings. The fourth-order valence-corrected chi connectivity index (χ4v) is 3.86. The molecule has 0 radical (unpaired) electrons. The summed E-state index contributed by atoms with van der Waals surface area (Å²) >= 11 is 0. The van der Waals surface area contributed by atoms with Crippen molar-refractivity contribution in [1.29, 1.82) is 0 Å². The molecule has 120 valence electrons. The number of unbranched alkanes of at least 4 members (excludes halogenated alkanes) is 6. The van der Waals surface area contributed by atoms with Crippen LogP contribution in [0.1, 0.15) is 84.5 Å². The molecule has 0 aromatic heterocycles. The highest BCUT2D eigenvalue weighted by atomic mass is 15.2. The molecule has 0 saturated heterocycles. The lowest BCUT2D eigenvalue weighted by molar-refractivity contribution is 0.0602. The molecular formula is C18H38N2. The second-order valence-electron chi connectivity index (χ2n) is 7.17. The lowest BCUT2D eigenvalue weighted by Gasteiger charge is -2.46.